The van der Waals surface area contributed by atoms with Crippen molar-refractivity contribution >= 4 is 23.2 Å². The molecule has 0 atom stereocenters. The van der Waals surface area contributed by atoms with E-state index in [-0.39, 0.29) is 17.5 Å². The quantitative estimate of drug-likeness (QED) is 0.838. The number of carbonyl (C=O) groups is 2. The van der Waals surface area contributed by atoms with Gasteiger partial charge in [-0.05, 0) is 36.3 Å². The molecule has 0 bridgehead atoms. The predicted molar refractivity (Wildman–Crippen MR) is 73.7 cm³/mol. The average Bonchev–Trinajstić information content (AvgIpc) is 2.37. The molecular formula is C14H15F3N2O2. The van der Waals surface area contributed by atoms with Gasteiger partial charge in [0.2, 0.25) is 5.91 Å². The predicted octanol–water partition coefficient (Wildman–Crippen LogP) is 3.34. The van der Waals surface area contributed by atoms with Gasteiger partial charge in [-0.3, -0.25) is 9.59 Å². The molecule has 0 unspecified atom stereocenters. The molecule has 0 radical (unpaired) electrons. The summed E-state index contributed by atoms with van der Waals surface area (Å²) in [5.74, 6) is -2.15. The number of hydrogen-bond donors (Lipinski definition) is 2. The van der Waals surface area contributed by atoms with Gasteiger partial charge in [0.15, 0.2) is 0 Å². The van der Waals surface area contributed by atoms with E-state index in [1.165, 1.54) is 30.3 Å². The van der Waals surface area contributed by atoms with Gasteiger partial charge in [-0.25, -0.2) is 0 Å². The summed E-state index contributed by atoms with van der Waals surface area (Å²) in [6.45, 7) is 3.84. The summed E-state index contributed by atoms with van der Waals surface area (Å²) in [7, 11) is 0. The number of benzene rings is 1. The van der Waals surface area contributed by atoms with E-state index in [9.17, 15) is 22.8 Å². The third kappa shape index (κ3) is 6.11. The molecule has 4 nitrogen and oxygen atoms in total. The molecule has 21 heavy (non-hydrogen) atoms. The minimum Gasteiger partial charge on any atom is -0.323 e. The fourth-order valence-corrected chi connectivity index (χ4v) is 1.30. The molecule has 0 spiro atoms. The van der Waals surface area contributed by atoms with E-state index in [1.807, 2.05) is 13.8 Å². The van der Waals surface area contributed by atoms with E-state index in [4.69, 9.17) is 0 Å². The topological polar surface area (TPSA) is 58.2 Å². The first-order valence-electron chi connectivity index (χ1n) is 6.16. The summed E-state index contributed by atoms with van der Waals surface area (Å²) in [5.41, 5.74) is 0.409. The lowest BCUT2D eigenvalue weighted by Crippen LogP contribution is -2.29. The Bertz CT molecular complexity index is 534. The van der Waals surface area contributed by atoms with Gasteiger partial charge in [-0.2, -0.15) is 13.2 Å². The van der Waals surface area contributed by atoms with Gasteiger partial charge in [-0.1, -0.05) is 19.9 Å². The van der Waals surface area contributed by atoms with Gasteiger partial charge in [0, 0.05) is 11.4 Å². The minimum absolute atomic E-state index is 0.00644. The Kier molecular flexibility index (Phi) is 5.52. The molecule has 0 aliphatic rings. The van der Waals surface area contributed by atoms with E-state index in [0.717, 1.165) is 0 Å². The maximum Gasteiger partial charge on any atom is 0.471 e. The van der Waals surface area contributed by atoms with Crippen LogP contribution >= 0.6 is 0 Å². The average molecular weight is 300 g/mol. The van der Waals surface area contributed by atoms with Crippen molar-refractivity contribution in [1.29, 1.82) is 0 Å². The van der Waals surface area contributed by atoms with Gasteiger partial charge >= 0.3 is 12.1 Å². The van der Waals surface area contributed by atoms with Crippen LogP contribution in [0.15, 0.2) is 36.4 Å². The standard InChI is InChI=1S/C14H15F3N2O2/c1-9(2)3-8-12(20)18-10-4-6-11(7-5-10)19-13(21)14(15,16)17/h3-9H,1-2H3,(H,18,20)(H,19,21)/b8-3+. The van der Waals surface area contributed by atoms with Crippen LogP contribution in [0, 0.1) is 5.92 Å². The Morgan fingerprint density at radius 2 is 1.52 bits per heavy atom. The summed E-state index contributed by atoms with van der Waals surface area (Å²) >= 11 is 0. The summed E-state index contributed by atoms with van der Waals surface area (Å²) in [5, 5.41) is 4.26. The van der Waals surface area contributed by atoms with Crippen LogP contribution in [0.5, 0.6) is 0 Å². The Morgan fingerprint density at radius 1 is 1.05 bits per heavy atom. The largest absolute Gasteiger partial charge is 0.471 e. The smallest absolute Gasteiger partial charge is 0.323 e. The normalized spacial score (nSPS) is 11.7. The first kappa shape index (κ1) is 16.7. The van der Waals surface area contributed by atoms with Crippen LogP contribution in [0.2, 0.25) is 0 Å². The molecule has 1 rings (SSSR count). The van der Waals surface area contributed by atoms with Crippen molar-refractivity contribution < 1.29 is 22.8 Å². The van der Waals surface area contributed by atoms with Crippen LogP contribution < -0.4 is 10.6 Å². The van der Waals surface area contributed by atoms with Crippen LogP contribution in [0.3, 0.4) is 0 Å². The molecule has 7 heteroatoms. The molecule has 0 heterocycles. The lowest BCUT2D eigenvalue weighted by Gasteiger charge is -2.08. The first-order valence-corrected chi connectivity index (χ1v) is 6.16. The number of carbonyl (C=O) groups excluding carboxylic acids is 2. The zero-order valence-electron chi connectivity index (χ0n) is 11.5. The molecule has 0 fully saturated rings. The number of anilines is 2. The summed E-state index contributed by atoms with van der Waals surface area (Å²) in [6, 6.07) is 5.33. The lowest BCUT2D eigenvalue weighted by molar-refractivity contribution is -0.167. The van der Waals surface area contributed by atoms with Gasteiger partial charge < -0.3 is 10.6 Å². The number of hydrogen-bond acceptors (Lipinski definition) is 2. The Morgan fingerprint density at radius 3 is 1.95 bits per heavy atom. The zero-order chi connectivity index (χ0) is 16.0. The van der Waals surface area contributed by atoms with Crippen molar-refractivity contribution in [2.75, 3.05) is 10.6 Å². The Labute approximate surface area is 120 Å². The van der Waals surface area contributed by atoms with Crippen LogP contribution in [0.25, 0.3) is 0 Å². The molecule has 0 aliphatic heterocycles. The lowest BCUT2D eigenvalue weighted by atomic mass is 10.2. The SMILES string of the molecule is CC(C)/C=C/C(=O)Nc1ccc(NC(=O)C(F)(F)F)cc1. The van der Waals surface area contributed by atoms with Crippen molar-refractivity contribution in [3.8, 4) is 0 Å². The monoisotopic (exact) mass is 300 g/mol. The van der Waals surface area contributed by atoms with E-state index in [1.54, 1.807) is 11.4 Å². The number of allylic oxidation sites excluding steroid dienone is 1. The van der Waals surface area contributed by atoms with E-state index >= 15 is 0 Å². The molecule has 114 valence electrons. The van der Waals surface area contributed by atoms with Gasteiger partial charge in [0.05, 0.1) is 0 Å². The van der Waals surface area contributed by atoms with Crippen molar-refractivity contribution in [3.63, 3.8) is 0 Å². The van der Waals surface area contributed by atoms with Gasteiger partial charge in [-0.15, -0.1) is 0 Å². The Hall–Kier alpha value is -2.31. The van der Waals surface area contributed by atoms with Crippen molar-refractivity contribution in [1.82, 2.24) is 0 Å². The van der Waals surface area contributed by atoms with E-state index in [2.05, 4.69) is 5.32 Å². The highest BCUT2D eigenvalue weighted by atomic mass is 19.4. The highest BCUT2D eigenvalue weighted by molar-refractivity contribution is 5.99. The van der Waals surface area contributed by atoms with E-state index in [0.29, 0.717) is 5.69 Å². The fraction of sp³-hybridized carbons (Fsp3) is 0.286. The number of amides is 2. The molecule has 1 aromatic rings. The molecule has 0 saturated heterocycles. The third-order valence-electron chi connectivity index (χ3n) is 2.30. The molecule has 2 N–H and O–H groups in total. The molecule has 1 aromatic carbocycles. The highest BCUT2D eigenvalue weighted by Crippen LogP contribution is 2.19. The van der Waals surface area contributed by atoms with Gasteiger partial charge in [0.25, 0.3) is 0 Å². The molecular weight excluding hydrogens is 285 g/mol. The fourth-order valence-electron chi connectivity index (χ4n) is 1.30. The molecule has 2 amide bonds. The number of halogens is 3. The van der Waals surface area contributed by atoms with Crippen molar-refractivity contribution in [2.24, 2.45) is 5.92 Å². The summed E-state index contributed by atoms with van der Waals surface area (Å²) < 4.78 is 36.2. The molecule has 0 aliphatic carbocycles. The molecule has 0 saturated carbocycles. The number of alkyl halides is 3. The summed E-state index contributed by atoms with van der Waals surface area (Å²) in [6.07, 6.45) is -1.84. The number of nitrogens with one attached hydrogen (secondary N) is 2. The van der Waals surface area contributed by atoms with Crippen LogP contribution in [0.4, 0.5) is 24.5 Å². The third-order valence-corrected chi connectivity index (χ3v) is 2.30. The Balaban J connectivity index is 2.62. The second-order valence-electron chi connectivity index (χ2n) is 4.62. The van der Waals surface area contributed by atoms with Gasteiger partial charge in [0.1, 0.15) is 0 Å². The van der Waals surface area contributed by atoms with Crippen molar-refractivity contribution in [3.05, 3.63) is 36.4 Å². The maximum atomic E-state index is 12.1. The van der Waals surface area contributed by atoms with Crippen LogP contribution in [-0.4, -0.2) is 18.0 Å². The zero-order valence-corrected chi connectivity index (χ0v) is 11.5. The first-order chi connectivity index (χ1) is 9.68. The number of rotatable bonds is 4. The molecule has 0 aromatic heterocycles. The van der Waals surface area contributed by atoms with Crippen LogP contribution in [0.1, 0.15) is 13.8 Å². The minimum atomic E-state index is -4.94. The summed E-state index contributed by atoms with van der Waals surface area (Å²) in [4.78, 5) is 22.2. The maximum absolute atomic E-state index is 12.1. The van der Waals surface area contributed by atoms with Crippen molar-refractivity contribution in [2.45, 2.75) is 20.0 Å². The second kappa shape index (κ2) is 6.92. The highest BCUT2D eigenvalue weighted by Gasteiger charge is 2.38. The van der Waals surface area contributed by atoms with Crippen LogP contribution in [-0.2, 0) is 9.59 Å². The second-order valence-corrected chi connectivity index (χ2v) is 4.62. The van der Waals surface area contributed by atoms with E-state index < -0.39 is 12.1 Å².